The fraction of sp³-hybridized carbons (Fsp3) is 0.647. The van der Waals surface area contributed by atoms with E-state index in [0.717, 1.165) is 12.2 Å². The van der Waals surface area contributed by atoms with Crippen LogP contribution in [0.2, 0.25) is 0 Å². The number of allylic oxidation sites excluding steroid dienone is 5. The second-order valence-electron chi connectivity index (χ2n) is 6.46. The SMILES string of the molecule is COCOC1=C(Br)[C@H](C(C)C)[C@@]2(C)CCC(C)=CC=C12. The minimum atomic E-state index is 0.143. The number of halogens is 1. The Labute approximate surface area is 131 Å². The van der Waals surface area contributed by atoms with Crippen molar-refractivity contribution in [3.63, 3.8) is 0 Å². The number of methoxy groups -OCH3 is 1. The molecule has 0 saturated carbocycles. The average Bonchev–Trinajstić information content (AvgIpc) is 2.48. The molecule has 20 heavy (non-hydrogen) atoms. The Bertz CT molecular complexity index is 473. The van der Waals surface area contributed by atoms with Gasteiger partial charge < -0.3 is 9.47 Å². The quantitative estimate of drug-likeness (QED) is 0.657. The summed E-state index contributed by atoms with van der Waals surface area (Å²) in [7, 11) is 1.66. The molecule has 0 aliphatic heterocycles. The summed E-state index contributed by atoms with van der Waals surface area (Å²) in [6.07, 6.45) is 6.80. The molecule has 0 radical (unpaired) electrons. The molecule has 2 atom stereocenters. The van der Waals surface area contributed by atoms with E-state index in [4.69, 9.17) is 9.47 Å². The Hall–Kier alpha value is -0.540. The fourth-order valence-corrected chi connectivity index (χ4v) is 4.95. The third-order valence-corrected chi connectivity index (χ3v) is 5.45. The summed E-state index contributed by atoms with van der Waals surface area (Å²) < 4.78 is 12.2. The van der Waals surface area contributed by atoms with Gasteiger partial charge in [0, 0.05) is 28.5 Å². The van der Waals surface area contributed by atoms with Gasteiger partial charge in [-0.3, -0.25) is 0 Å². The maximum absolute atomic E-state index is 5.88. The van der Waals surface area contributed by atoms with Crippen molar-refractivity contribution in [3.05, 3.63) is 33.5 Å². The zero-order valence-corrected chi connectivity index (χ0v) is 14.7. The normalized spacial score (nSPS) is 30.1. The minimum absolute atomic E-state index is 0.143. The van der Waals surface area contributed by atoms with Gasteiger partial charge in [0.05, 0.1) is 0 Å². The van der Waals surface area contributed by atoms with Crippen LogP contribution in [0.25, 0.3) is 0 Å². The molecular formula is C17H25BrO2. The van der Waals surface area contributed by atoms with E-state index in [1.807, 2.05) is 0 Å². The molecule has 2 rings (SSSR count). The highest BCUT2D eigenvalue weighted by atomic mass is 79.9. The fourth-order valence-electron chi connectivity index (χ4n) is 3.59. The van der Waals surface area contributed by atoms with Crippen LogP contribution in [0.4, 0.5) is 0 Å². The highest BCUT2D eigenvalue weighted by Crippen LogP contribution is 2.59. The Morgan fingerprint density at radius 1 is 1.40 bits per heavy atom. The van der Waals surface area contributed by atoms with Crippen molar-refractivity contribution in [2.45, 2.75) is 40.5 Å². The molecule has 0 N–H and O–H groups in total. The largest absolute Gasteiger partial charge is 0.466 e. The molecular weight excluding hydrogens is 316 g/mol. The lowest BCUT2D eigenvalue weighted by atomic mass is 9.68. The van der Waals surface area contributed by atoms with Crippen LogP contribution in [0.15, 0.2) is 33.5 Å². The molecule has 2 aliphatic rings. The number of hydrogen-bond donors (Lipinski definition) is 0. The third kappa shape index (κ3) is 2.62. The van der Waals surface area contributed by atoms with Gasteiger partial charge in [-0.1, -0.05) is 54.4 Å². The molecule has 0 amide bonds. The van der Waals surface area contributed by atoms with Gasteiger partial charge in [-0.2, -0.15) is 0 Å². The summed E-state index contributed by atoms with van der Waals surface area (Å²) in [6.45, 7) is 9.46. The minimum Gasteiger partial charge on any atom is -0.466 e. The predicted molar refractivity (Wildman–Crippen MR) is 86.4 cm³/mol. The van der Waals surface area contributed by atoms with Crippen molar-refractivity contribution < 1.29 is 9.47 Å². The van der Waals surface area contributed by atoms with E-state index >= 15 is 0 Å². The third-order valence-electron chi connectivity index (χ3n) is 4.60. The summed E-state index contributed by atoms with van der Waals surface area (Å²) in [4.78, 5) is 0. The monoisotopic (exact) mass is 340 g/mol. The first-order valence-corrected chi connectivity index (χ1v) is 8.10. The van der Waals surface area contributed by atoms with Crippen molar-refractivity contribution in [2.24, 2.45) is 17.3 Å². The predicted octanol–water partition coefficient (Wildman–Crippen LogP) is 5.17. The molecule has 0 saturated heterocycles. The standard InChI is InChI=1S/C17H25BrO2/c1-11(2)14-15(18)16(20-10-19-5)13-7-6-12(3)8-9-17(13,14)4/h6-7,11,14H,8-10H2,1-5H3/t14-,17-/m0/s1. The zero-order chi connectivity index (χ0) is 14.9. The Balaban J connectivity index is 2.47. The second kappa shape index (κ2) is 6.07. The van der Waals surface area contributed by atoms with Crippen LogP contribution in [0.1, 0.15) is 40.5 Å². The number of fused-ring (bicyclic) bond motifs is 1. The van der Waals surface area contributed by atoms with Crippen molar-refractivity contribution in [1.82, 2.24) is 0 Å². The summed E-state index contributed by atoms with van der Waals surface area (Å²) in [5.74, 6) is 2.03. The van der Waals surface area contributed by atoms with Gasteiger partial charge in [0.2, 0.25) is 0 Å². The van der Waals surface area contributed by atoms with Gasteiger partial charge in [-0.05, 0) is 25.7 Å². The molecule has 0 aromatic rings. The van der Waals surface area contributed by atoms with Gasteiger partial charge in [0.25, 0.3) is 0 Å². The molecule has 0 aromatic heterocycles. The molecule has 0 aromatic carbocycles. The zero-order valence-electron chi connectivity index (χ0n) is 13.1. The number of hydrogen-bond acceptors (Lipinski definition) is 2. The number of ether oxygens (including phenoxy) is 2. The van der Waals surface area contributed by atoms with E-state index in [9.17, 15) is 0 Å². The lowest BCUT2D eigenvalue weighted by Gasteiger charge is -2.35. The Kier molecular flexibility index (Phi) is 4.80. The maximum Gasteiger partial charge on any atom is 0.188 e. The van der Waals surface area contributed by atoms with Crippen molar-refractivity contribution >= 4 is 15.9 Å². The van der Waals surface area contributed by atoms with Crippen LogP contribution >= 0.6 is 15.9 Å². The van der Waals surface area contributed by atoms with Gasteiger partial charge in [0.1, 0.15) is 5.76 Å². The van der Waals surface area contributed by atoms with E-state index in [-0.39, 0.29) is 5.41 Å². The molecule has 0 heterocycles. The van der Waals surface area contributed by atoms with E-state index in [0.29, 0.717) is 18.6 Å². The van der Waals surface area contributed by atoms with Crippen LogP contribution in [0.5, 0.6) is 0 Å². The average molecular weight is 341 g/mol. The van der Waals surface area contributed by atoms with Crippen molar-refractivity contribution in [3.8, 4) is 0 Å². The molecule has 112 valence electrons. The van der Waals surface area contributed by atoms with Crippen molar-refractivity contribution in [1.29, 1.82) is 0 Å². The topological polar surface area (TPSA) is 18.5 Å². The summed E-state index contributed by atoms with van der Waals surface area (Å²) in [6, 6.07) is 0. The lowest BCUT2D eigenvalue weighted by molar-refractivity contribution is 0.00771. The Morgan fingerprint density at radius 3 is 2.70 bits per heavy atom. The van der Waals surface area contributed by atoms with Gasteiger partial charge in [0.15, 0.2) is 6.79 Å². The van der Waals surface area contributed by atoms with Crippen LogP contribution in [-0.4, -0.2) is 13.9 Å². The van der Waals surface area contributed by atoms with E-state index in [1.165, 1.54) is 22.0 Å². The highest BCUT2D eigenvalue weighted by molar-refractivity contribution is 9.11. The maximum atomic E-state index is 5.88. The molecule has 0 unspecified atom stereocenters. The van der Waals surface area contributed by atoms with Crippen LogP contribution in [-0.2, 0) is 9.47 Å². The molecule has 0 fully saturated rings. The van der Waals surface area contributed by atoms with Crippen molar-refractivity contribution in [2.75, 3.05) is 13.9 Å². The molecule has 3 heteroatoms. The van der Waals surface area contributed by atoms with Crippen LogP contribution in [0, 0.1) is 17.3 Å². The highest BCUT2D eigenvalue weighted by Gasteiger charge is 2.49. The summed E-state index contributed by atoms with van der Waals surface area (Å²) in [5.41, 5.74) is 2.90. The molecule has 0 spiro atoms. The number of rotatable bonds is 4. The van der Waals surface area contributed by atoms with Crippen LogP contribution < -0.4 is 0 Å². The van der Waals surface area contributed by atoms with E-state index in [2.05, 4.69) is 55.8 Å². The molecule has 2 nitrogen and oxygen atoms in total. The van der Waals surface area contributed by atoms with Gasteiger partial charge in [-0.15, -0.1) is 0 Å². The second-order valence-corrected chi connectivity index (χ2v) is 7.31. The van der Waals surface area contributed by atoms with E-state index < -0.39 is 0 Å². The smallest absolute Gasteiger partial charge is 0.188 e. The van der Waals surface area contributed by atoms with Gasteiger partial charge in [-0.25, -0.2) is 0 Å². The first-order chi connectivity index (χ1) is 9.41. The van der Waals surface area contributed by atoms with E-state index in [1.54, 1.807) is 7.11 Å². The summed E-state index contributed by atoms with van der Waals surface area (Å²) in [5, 5.41) is 0. The van der Waals surface area contributed by atoms with Crippen LogP contribution in [0.3, 0.4) is 0 Å². The first kappa shape index (κ1) is 15.8. The lowest BCUT2D eigenvalue weighted by Crippen LogP contribution is -2.29. The van der Waals surface area contributed by atoms with Gasteiger partial charge >= 0.3 is 0 Å². The molecule has 2 aliphatic carbocycles. The Morgan fingerprint density at radius 2 is 2.10 bits per heavy atom. The first-order valence-electron chi connectivity index (χ1n) is 7.31. The summed E-state index contributed by atoms with van der Waals surface area (Å²) >= 11 is 3.81. The molecule has 0 bridgehead atoms.